The summed E-state index contributed by atoms with van der Waals surface area (Å²) < 4.78 is 14.8. The van der Waals surface area contributed by atoms with E-state index in [9.17, 15) is 9.50 Å². The van der Waals surface area contributed by atoms with Crippen LogP contribution in [0.5, 0.6) is 0 Å². The number of aliphatic hydroxyl groups excluding tert-OH is 1. The highest BCUT2D eigenvalue weighted by Crippen LogP contribution is 2.41. The minimum absolute atomic E-state index is 0.115. The van der Waals surface area contributed by atoms with Crippen molar-refractivity contribution >= 4 is 15.9 Å². The number of hydrogen-bond acceptors (Lipinski definition) is 2. The Bertz CT molecular complexity index is 496. The molecule has 1 saturated carbocycles. The Hall–Kier alpha value is -0.450. The third-order valence-corrected chi connectivity index (χ3v) is 5.75. The number of nitrogens with zero attached hydrogens (tertiary/aromatic N) is 1. The van der Waals surface area contributed by atoms with E-state index in [1.807, 2.05) is 6.07 Å². The molecule has 1 aliphatic carbocycles. The van der Waals surface area contributed by atoms with Crippen LogP contribution in [0.3, 0.4) is 0 Å². The molecule has 21 heavy (non-hydrogen) atoms. The third kappa shape index (κ3) is 3.03. The average molecular weight is 356 g/mol. The van der Waals surface area contributed by atoms with Gasteiger partial charge < -0.3 is 5.11 Å². The van der Waals surface area contributed by atoms with Crippen LogP contribution in [0.25, 0.3) is 0 Å². The first-order chi connectivity index (χ1) is 10.1. The number of rotatable bonds is 4. The maximum Gasteiger partial charge on any atom is 0.127 e. The fourth-order valence-corrected chi connectivity index (χ4v) is 4.43. The van der Waals surface area contributed by atoms with E-state index >= 15 is 0 Å². The molecule has 2 nitrogen and oxygen atoms in total. The predicted molar refractivity (Wildman–Crippen MR) is 85.8 cm³/mol. The summed E-state index contributed by atoms with van der Waals surface area (Å²) >= 11 is 3.28. The number of benzene rings is 1. The van der Waals surface area contributed by atoms with Crippen molar-refractivity contribution in [1.82, 2.24) is 4.90 Å². The number of aliphatic hydroxyl groups is 1. The lowest BCUT2D eigenvalue weighted by molar-refractivity contribution is -0.0175. The second-order valence-corrected chi connectivity index (χ2v) is 7.38. The lowest BCUT2D eigenvalue weighted by Crippen LogP contribution is -2.54. The standard InChI is InChI=1S/C17H23BrFNO/c18-14-6-5-13(15(19)12-14)11-16(21)17(7-1-2-8-17)20-9-3-4-10-20/h5-6,12,16,21H,1-4,7-11H2. The van der Waals surface area contributed by atoms with Crippen LogP contribution in [-0.2, 0) is 6.42 Å². The Labute approximate surface area is 134 Å². The fraction of sp³-hybridized carbons (Fsp3) is 0.647. The zero-order valence-electron chi connectivity index (χ0n) is 12.3. The van der Waals surface area contributed by atoms with E-state index in [0.29, 0.717) is 12.0 Å². The lowest BCUT2D eigenvalue weighted by Gasteiger charge is -2.42. The monoisotopic (exact) mass is 355 g/mol. The second kappa shape index (κ2) is 6.35. The Kier molecular flexibility index (Phi) is 4.67. The minimum atomic E-state index is -0.478. The molecule has 0 aromatic heterocycles. The molecule has 1 saturated heterocycles. The Morgan fingerprint density at radius 2 is 1.86 bits per heavy atom. The Balaban J connectivity index is 1.79. The molecule has 0 spiro atoms. The van der Waals surface area contributed by atoms with E-state index in [0.717, 1.165) is 30.4 Å². The molecule has 0 radical (unpaired) electrons. The molecule has 116 valence electrons. The molecule has 0 amide bonds. The SMILES string of the molecule is OC(Cc1ccc(Br)cc1F)C1(N2CCCC2)CCCC1. The van der Waals surface area contributed by atoms with Crippen LogP contribution < -0.4 is 0 Å². The van der Waals surface area contributed by atoms with Crippen molar-refractivity contribution in [2.24, 2.45) is 0 Å². The minimum Gasteiger partial charge on any atom is -0.391 e. The summed E-state index contributed by atoms with van der Waals surface area (Å²) in [7, 11) is 0. The van der Waals surface area contributed by atoms with Gasteiger partial charge >= 0.3 is 0 Å². The fourth-order valence-electron chi connectivity index (χ4n) is 4.10. The van der Waals surface area contributed by atoms with Crippen molar-refractivity contribution in [2.45, 2.75) is 56.6 Å². The van der Waals surface area contributed by atoms with Gasteiger partial charge in [0, 0.05) is 16.4 Å². The molecule has 1 unspecified atom stereocenters. The van der Waals surface area contributed by atoms with E-state index in [1.165, 1.54) is 31.7 Å². The first-order valence-corrected chi connectivity index (χ1v) is 8.78. The van der Waals surface area contributed by atoms with Gasteiger partial charge in [-0.25, -0.2) is 4.39 Å². The van der Waals surface area contributed by atoms with Crippen LogP contribution in [0.15, 0.2) is 22.7 Å². The predicted octanol–water partition coefficient (Wildman–Crippen LogP) is 3.90. The van der Waals surface area contributed by atoms with Crippen molar-refractivity contribution in [3.63, 3.8) is 0 Å². The quantitative estimate of drug-likeness (QED) is 0.885. The van der Waals surface area contributed by atoms with Crippen molar-refractivity contribution in [3.05, 3.63) is 34.1 Å². The topological polar surface area (TPSA) is 23.5 Å². The highest BCUT2D eigenvalue weighted by Gasteiger charge is 2.46. The molecule has 0 bridgehead atoms. The number of halogens is 2. The summed E-state index contributed by atoms with van der Waals surface area (Å²) in [5.74, 6) is -0.224. The molecule has 1 aliphatic heterocycles. The largest absolute Gasteiger partial charge is 0.391 e. The molecule has 1 aromatic carbocycles. The maximum absolute atomic E-state index is 14.0. The summed E-state index contributed by atoms with van der Waals surface area (Å²) in [6.45, 7) is 2.17. The van der Waals surface area contributed by atoms with E-state index in [2.05, 4.69) is 20.8 Å². The van der Waals surface area contributed by atoms with E-state index in [1.54, 1.807) is 6.07 Å². The van der Waals surface area contributed by atoms with Crippen LogP contribution in [0.1, 0.15) is 44.1 Å². The van der Waals surface area contributed by atoms with E-state index in [-0.39, 0.29) is 11.4 Å². The normalized spacial score (nSPS) is 23.6. The summed E-state index contributed by atoms with van der Waals surface area (Å²) in [4.78, 5) is 2.47. The van der Waals surface area contributed by atoms with Crippen molar-refractivity contribution in [1.29, 1.82) is 0 Å². The van der Waals surface area contributed by atoms with Gasteiger partial charge in [-0.15, -0.1) is 0 Å². The molecule has 3 rings (SSSR count). The van der Waals surface area contributed by atoms with Gasteiger partial charge in [-0.1, -0.05) is 34.8 Å². The molecule has 1 heterocycles. The van der Waals surface area contributed by atoms with Crippen molar-refractivity contribution in [2.75, 3.05) is 13.1 Å². The summed E-state index contributed by atoms with van der Waals surface area (Å²) in [5.41, 5.74) is 0.506. The highest BCUT2D eigenvalue weighted by molar-refractivity contribution is 9.10. The van der Waals surface area contributed by atoms with Gasteiger partial charge in [0.05, 0.1) is 6.10 Å². The molecular formula is C17H23BrFNO. The van der Waals surface area contributed by atoms with Crippen LogP contribution in [-0.4, -0.2) is 34.7 Å². The average Bonchev–Trinajstić information content (AvgIpc) is 3.11. The zero-order chi connectivity index (χ0) is 14.9. The van der Waals surface area contributed by atoms with E-state index in [4.69, 9.17) is 0 Å². The second-order valence-electron chi connectivity index (χ2n) is 6.46. The third-order valence-electron chi connectivity index (χ3n) is 5.25. The molecular weight excluding hydrogens is 333 g/mol. The molecule has 4 heteroatoms. The van der Waals surface area contributed by atoms with Gasteiger partial charge in [0.2, 0.25) is 0 Å². The maximum atomic E-state index is 14.0. The Morgan fingerprint density at radius 1 is 1.19 bits per heavy atom. The summed E-state index contributed by atoms with van der Waals surface area (Å²) in [5, 5.41) is 10.9. The van der Waals surface area contributed by atoms with Gasteiger partial charge in [-0.3, -0.25) is 4.90 Å². The van der Waals surface area contributed by atoms with E-state index < -0.39 is 6.10 Å². The highest BCUT2D eigenvalue weighted by atomic mass is 79.9. The molecule has 1 atom stereocenters. The van der Waals surface area contributed by atoms with Crippen LogP contribution in [0, 0.1) is 5.82 Å². The van der Waals surface area contributed by atoms with Gasteiger partial charge in [0.25, 0.3) is 0 Å². The van der Waals surface area contributed by atoms with Gasteiger partial charge in [-0.05, 0) is 56.5 Å². The van der Waals surface area contributed by atoms with Gasteiger partial charge in [0.1, 0.15) is 5.82 Å². The van der Waals surface area contributed by atoms with Gasteiger partial charge in [0.15, 0.2) is 0 Å². The number of likely N-dealkylation sites (tertiary alicyclic amines) is 1. The lowest BCUT2D eigenvalue weighted by atomic mass is 9.84. The first kappa shape index (κ1) is 15.4. The Morgan fingerprint density at radius 3 is 2.48 bits per heavy atom. The summed E-state index contributed by atoms with van der Waals surface area (Å²) in [6.07, 6.45) is 6.83. The van der Waals surface area contributed by atoms with Crippen LogP contribution in [0.2, 0.25) is 0 Å². The summed E-state index contributed by atoms with van der Waals surface area (Å²) in [6, 6.07) is 5.12. The van der Waals surface area contributed by atoms with Crippen molar-refractivity contribution in [3.8, 4) is 0 Å². The van der Waals surface area contributed by atoms with Crippen LogP contribution in [0.4, 0.5) is 4.39 Å². The smallest absolute Gasteiger partial charge is 0.127 e. The number of hydrogen-bond donors (Lipinski definition) is 1. The molecule has 1 N–H and O–H groups in total. The molecule has 1 aromatic rings. The van der Waals surface area contributed by atoms with Crippen LogP contribution >= 0.6 is 15.9 Å². The van der Waals surface area contributed by atoms with Crippen molar-refractivity contribution < 1.29 is 9.50 Å². The first-order valence-electron chi connectivity index (χ1n) is 7.99. The molecule has 2 fully saturated rings. The molecule has 2 aliphatic rings. The zero-order valence-corrected chi connectivity index (χ0v) is 13.9. The van der Waals surface area contributed by atoms with Gasteiger partial charge in [-0.2, -0.15) is 0 Å².